The van der Waals surface area contributed by atoms with Crippen LogP contribution in [0, 0.1) is 0 Å². The van der Waals surface area contributed by atoms with Gasteiger partial charge in [0.25, 0.3) is 5.91 Å². The van der Waals surface area contributed by atoms with Crippen LogP contribution in [0.5, 0.6) is 0 Å². The topological polar surface area (TPSA) is 115 Å². The fraction of sp³-hybridized carbons (Fsp3) is 0.318. The molecule has 0 aliphatic heterocycles. The third-order valence-corrected chi connectivity index (χ3v) is 4.78. The Bertz CT molecular complexity index is 1130. The molecule has 170 valence electrons. The Morgan fingerprint density at radius 2 is 1.34 bits per heavy atom. The summed E-state index contributed by atoms with van der Waals surface area (Å²) in [6, 6.07) is 6.30. The zero-order chi connectivity index (χ0) is 23.8. The molecule has 32 heavy (non-hydrogen) atoms. The predicted octanol–water partition coefficient (Wildman–Crippen LogP) is 0.664. The molecular weight excluding hydrogens is 414 g/mol. The van der Waals surface area contributed by atoms with Gasteiger partial charge >= 0.3 is 17.1 Å². The highest BCUT2D eigenvalue weighted by atomic mass is 16.2. The summed E-state index contributed by atoms with van der Waals surface area (Å²) in [5, 5.41) is 2.59. The number of nitrogens with one attached hydrogen (secondary N) is 1. The Kier molecular flexibility index (Phi) is 8.28. The van der Waals surface area contributed by atoms with Crippen molar-refractivity contribution in [3.05, 3.63) is 86.6 Å². The first-order valence-corrected chi connectivity index (χ1v) is 10.1. The van der Waals surface area contributed by atoms with Crippen LogP contribution < -0.4 is 22.4 Å². The molecule has 0 unspecified atom stereocenters. The van der Waals surface area contributed by atoms with E-state index in [1.807, 2.05) is 13.8 Å². The average molecular weight is 441 g/mol. The van der Waals surface area contributed by atoms with Gasteiger partial charge in [-0.3, -0.25) is 9.59 Å². The Hall–Kier alpha value is -3.95. The van der Waals surface area contributed by atoms with Gasteiger partial charge in [-0.05, 0) is 38.1 Å². The van der Waals surface area contributed by atoms with Crippen molar-refractivity contribution < 1.29 is 9.59 Å². The monoisotopic (exact) mass is 441 g/mol. The standard InChI is InChI=1S/C22H27N5O5/c1-5-13-25-20(30)26(14-6-2)22(32)27(21(25)31)15-18(28)23-17-11-9-16(10-12-17)19(29)24(7-3)8-4/h5-6,9-12H,1-2,7-8,13-15H2,3-4H3,(H,23,28). The lowest BCUT2D eigenvalue weighted by atomic mass is 10.1. The Balaban J connectivity index is 2.28. The van der Waals surface area contributed by atoms with E-state index in [4.69, 9.17) is 0 Å². The second-order valence-electron chi connectivity index (χ2n) is 6.84. The number of hydrogen-bond acceptors (Lipinski definition) is 5. The van der Waals surface area contributed by atoms with Crippen molar-refractivity contribution in [2.24, 2.45) is 0 Å². The molecule has 2 aromatic rings. The molecule has 1 aromatic carbocycles. The fourth-order valence-electron chi connectivity index (χ4n) is 3.12. The maximum Gasteiger partial charge on any atom is 0.337 e. The van der Waals surface area contributed by atoms with Crippen molar-refractivity contribution in [2.45, 2.75) is 33.5 Å². The minimum atomic E-state index is -0.907. The van der Waals surface area contributed by atoms with Gasteiger partial charge in [0.05, 0.1) is 13.1 Å². The summed E-state index contributed by atoms with van der Waals surface area (Å²) in [7, 11) is 0. The molecule has 1 N–H and O–H groups in total. The van der Waals surface area contributed by atoms with Gasteiger partial charge in [-0.15, -0.1) is 13.2 Å². The zero-order valence-electron chi connectivity index (χ0n) is 18.2. The molecule has 0 aliphatic rings. The number of rotatable bonds is 10. The highest BCUT2D eigenvalue weighted by Crippen LogP contribution is 2.11. The number of carbonyl (C=O) groups is 2. The molecule has 10 nitrogen and oxygen atoms in total. The molecule has 0 aliphatic carbocycles. The van der Waals surface area contributed by atoms with E-state index in [0.717, 1.165) is 9.13 Å². The largest absolute Gasteiger partial charge is 0.339 e. The second kappa shape index (κ2) is 10.9. The zero-order valence-corrected chi connectivity index (χ0v) is 18.2. The smallest absolute Gasteiger partial charge is 0.337 e. The lowest BCUT2D eigenvalue weighted by molar-refractivity contribution is -0.116. The van der Waals surface area contributed by atoms with E-state index in [0.29, 0.717) is 28.9 Å². The normalized spacial score (nSPS) is 10.4. The van der Waals surface area contributed by atoms with Gasteiger partial charge in [-0.1, -0.05) is 12.2 Å². The van der Waals surface area contributed by atoms with Crippen LogP contribution in [0.15, 0.2) is 64.0 Å². The van der Waals surface area contributed by atoms with E-state index in [1.54, 1.807) is 29.2 Å². The van der Waals surface area contributed by atoms with E-state index < -0.39 is 29.5 Å². The second-order valence-corrected chi connectivity index (χ2v) is 6.84. The molecule has 0 atom stereocenters. The van der Waals surface area contributed by atoms with E-state index >= 15 is 0 Å². The van der Waals surface area contributed by atoms with Crippen molar-refractivity contribution in [3.63, 3.8) is 0 Å². The van der Waals surface area contributed by atoms with Crippen molar-refractivity contribution >= 4 is 17.5 Å². The quantitative estimate of drug-likeness (QED) is 0.544. The number of nitrogens with zero attached hydrogens (tertiary/aromatic N) is 4. The summed E-state index contributed by atoms with van der Waals surface area (Å²) < 4.78 is 2.32. The molecular formula is C22H27N5O5. The average Bonchev–Trinajstić information content (AvgIpc) is 2.78. The number of carbonyl (C=O) groups excluding carboxylic acids is 2. The van der Waals surface area contributed by atoms with Gasteiger partial charge in [-0.2, -0.15) is 0 Å². The van der Waals surface area contributed by atoms with Crippen LogP contribution in [-0.2, 0) is 24.4 Å². The molecule has 2 rings (SSSR count). The number of aromatic nitrogens is 3. The van der Waals surface area contributed by atoms with Gasteiger partial charge < -0.3 is 10.2 Å². The van der Waals surface area contributed by atoms with Crippen LogP contribution in [0.4, 0.5) is 5.69 Å². The van der Waals surface area contributed by atoms with E-state index in [1.165, 1.54) is 12.2 Å². The first-order valence-electron chi connectivity index (χ1n) is 10.1. The molecule has 0 bridgehead atoms. The van der Waals surface area contributed by atoms with Crippen LogP contribution in [0.2, 0.25) is 0 Å². The summed E-state index contributed by atoms with van der Waals surface area (Å²) in [6.07, 6.45) is 2.69. The van der Waals surface area contributed by atoms with Gasteiger partial charge in [-0.25, -0.2) is 28.1 Å². The number of allylic oxidation sites excluding steroid dienone is 2. The summed E-state index contributed by atoms with van der Waals surface area (Å²) in [4.78, 5) is 64.1. The molecule has 0 saturated carbocycles. The first kappa shape index (κ1) is 24.3. The molecule has 2 amide bonds. The molecule has 1 heterocycles. The van der Waals surface area contributed by atoms with Crippen LogP contribution in [0.25, 0.3) is 0 Å². The third kappa shape index (κ3) is 5.20. The van der Waals surface area contributed by atoms with Crippen molar-refractivity contribution in [1.82, 2.24) is 18.6 Å². The van der Waals surface area contributed by atoms with E-state index in [9.17, 15) is 24.0 Å². The van der Waals surface area contributed by atoms with Gasteiger partial charge in [0.15, 0.2) is 0 Å². The molecule has 1 aromatic heterocycles. The summed E-state index contributed by atoms with van der Waals surface area (Å²) in [6.45, 7) is 11.1. The Morgan fingerprint density at radius 1 is 0.875 bits per heavy atom. The van der Waals surface area contributed by atoms with E-state index in [-0.39, 0.29) is 19.0 Å². The maximum absolute atomic E-state index is 12.6. The van der Waals surface area contributed by atoms with Crippen LogP contribution in [0.1, 0.15) is 24.2 Å². The van der Waals surface area contributed by atoms with Gasteiger partial charge in [0, 0.05) is 24.3 Å². The lowest BCUT2D eigenvalue weighted by Crippen LogP contribution is -2.55. The van der Waals surface area contributed by atoms with Gasteiger partial charge in [0.1, 0.15) is 6.54 Å². The molecule has 10 heteroatoms. The molecule has 0 radical (unpaired) electrons. The van der Waals surface area contributed by atoms with Crippen molar-refractivity contribution in [2.75, 3.05) is 18.4 Å². The number of benzene rings is 1. The van der Waals surface area contributed by atoms with Crippen LogP contribution in [0.3, 0.4) is 0 Å². The highest BCUT2D eigenvalue weighted by Gasteiger charge is 2.17. The fourth-order valence-corrected chi connectivity index (χ4v) is 3.12. The van der Waals surface area contributed by atoms with Crippen LogP contribution in [-0.4, -0.2) is 43.5 Å². The molecule has 0 fully saturated rings. The lowest BCUT2D eigenvalue weighted by Gasteiger charge is -2.18. The number of amides is 2. The Morgan fingerprint density at radius 3 is 1.78 bits per heavy atom. The highest BCUT2D eigenvalue weighted by molar-refractivity contribution is 5.95. The summed E-state index contributed by atoms with van der Waals surface area (Å²) in [5.74, 6) is -0.757. The number of anilines is 1. The maximum atomic E-state index is 12.6. The van der Waals surface area contributed by atoms with Crippen molar-refractivity contribution in [1.29, 1.82) is 0 Å². The predicted molar refractivity (Wildman–Crippen MR) is 122 cm³/mol. The van der Waals surface area contributed by atoms with Crippen LogP contribution >= 0.6 is 0 Å². The molecule has 0 saturated heterocycles. The minimum Gasteiger partial charge on any atom is -0.339 e. The SMILES string of the molecule is C=CCn1c(=O)n(CC=C)c(=O)n(CC(=O)Nc2ccc(C(=O)N(CC)CC)cc2)c1=O. The molecule has 0 spiro atoms. The first-order chi connectivity index (χ1) is 15.3. The van der Waals surface area contributed by atoms with E-state index in [2.05, 4.69) is 18.5 Å². The third-order valence-electron chi connectivity index (χ3n) is 4.78. The number of hydrogen-bond donors (Lipinski definition) is 1. The van der Waals surface area contributed by atoms with Crippen molar-refractivity contribution in [3.8, 4) is 0 Å². The van der Waals surface area contributed by atoms with Gasteiger partial charge in [0.2, 0.25) is 5.91 Å². The minimum absolute atomic E-state index is 0.112. The summed E-state index contributed by atoms with van der Waals surface area (Å²) >= 11 is 0. The summed E-state index contributed by atoms with van der Waals surface area (Å²) in [5.41, 5.74) is -1.74. The Labute approximate surface area is 184 Å².